The second-order valence-corrected chi connectivity index (χ2v) is 4.26. The smallest absolute Gasteiger partial charge is 0.158 e. The van der Waals surface area contributed by atoms with Gasteiger partial charge in [0.25, 0.3) is 0 Å². The van der Waals surface area contributed by atoms with Crippen LogP contribution in [0.25, 0.3) is 0 Å². The van der Waals surface area contributed by atoms with Crippen molar-refractivity contribution in [2.24, 2.45) is 0 Å². The molecule has 3 heteroatoms. The van der Waals surface area contributed by atoms with Gasteiger partial charge in [0.1, 0.15) is 12.2 Å². The SMILES string of the molecule is C[N+](C)(Cc1ccco1)c1ccccc1.[I-]. The number of hydrogen-bond donors (Lipinski definition) is 0. The van der Waals surface area contributed by atoms with E-state index in [0.717, 1.165) is 16.8 Å². The van der Waals surface area contributed by atoms with E-state index in [1.165, 1.54) is 5.69 Å². The molecule has 2 rings (SSSR count). The van der Waals surface area contributed by atoms with E-state index in [9.17, 15) is 0 Å². The van der Waals surface area contributed by atoms with Crippen molar-refractivity contribution in [3.63, 3.8) is 0 Å². The molecule has 86 valence electrons. The summed E-state index contributed by atoms with van der Waals surface area (Å²) in [6, 6.07) is 14.4. The van der Waals surface area contributed by atoms with E-state index in [2.05, 4.69) is 38.4 Å². The Bertz CT molecular complexity index is 409. The molecule has 2 nitrogen and oxygen atoms in total. The molecule has 1 aromatic heterocycles. The zero-order valence-electron chi connectivity index (χ0n) is 9.56. The van der Waals surface area contributed by atoms with Crippen molar-refractivity contribution >= 4 is 5.69 Å². The van der Waals surface area contributed by atoms with Gasteiger partial charge in [-0.2, -0.15) is 0 Å². The number of rotatable bonds is 3. The zero-order chi connectivity index (χ0) is 10.7. The summed E-state index contributed by atoms with van der Waals surface area (Å²) in [6.07, 6.45) is 1.72. The Hall–Kier alpha value is -0.810. The van der Waals surface area contributed by atoms with Gasteiger partial charge in [-0.05, 0) is 24.3 Å². The quantitative estimate of drug-likeness (QED) is 0.573. The van der Waals surface area contributed by atoms with Crippen LogP contribution in [0, 0.1) is 0 Å². The molecule has 0 fully saturated rings. The predicted molar refractivity (Wildman–Crippen MR) is 62.5 cm³/mol. The largest absolute Gasteiger partial charge is 1.00 e. The lowest BCUT2D eigenvalue weighted by Gasteiger charge is -2.28. The van der Waals surface area contributed by atoms with Crippen LogP contribution in [-0.2, 0) is 6.54 Å². The van der Waals surface area contributed by atoms with Gasteiger partial charge in [0, 0.05) is 0 Å². The molecule has 0 amide bonds. The topological polar surface area (TPSA) is 13.1 Å². The molecule has 0 radical (unpaired) electrons. The third kappa shape index (κ3) is 3.09. The Morgan fingerprint density at radius 1 is 1.00 bits per heavy atom. The maximum Gasteiger partial charge on any atom is 0.158 e. The summed E-state index contributed by atoms with van der Waals surface area (Å²) in [5.41, 5.74) is 1.29. The highest BCUT2D eigenvalue weighted by atomic mass is 127. The number of halogens is 1. The maximum atomic E-state index is 5.38. The van der Waals surface area contributed by atoms with Crippen molar-refractivity contribution in [3.05, 3.63) is 54.5 Å². The van der Waals surface area contributed by atoms with Crippen LogP contribution in [0.2, 0.25) is 0 Å². The highest BCUT2D eigenvalue weighted by Crippen LogP contribution is 2.21. The van der Waals surface area contributed by atoms with E-state index in [1.807, 2.05) is 18.2 Å². The minimum absolute atomic E-state index is 0. The highest BCUT2D eigenvalue weighted by Gasteiger charge is 2.20. The monoisotopic (exact) mass is 329 g/mol. The van der Waals surface area contributed by atoms with Gasteiger partial charge in [-0.1, -0.05) is 18.2 Å². The number of benzene rings is 1. The van der Waals surface area contributed by atoms with Crippen LogP contribution in [0.15, 0.2) is 53.1 Å². The van der Waals surface area contributed by atoms with Crippen molar-refractivity contribution in [2.75, 3.05) is 14.1 Å². The summed E-state index contributed by atoms with van der Waals surface area (Å²) in [6.45, 7) is 0.872. The first-order chi connectivity index (χ1) is 7.18. The van der Waals surface area contributed by atoms with Crippen LogP contribution in [0.4, 0.5) is 5.69 Å². The van der Waals surface area contributed by atoms with Crippen molar-refractivity contribution in [1.82, 2.24) is 4.48 Å². The Kier molecular flexibility index (Phi) is 4.56. The summed E-state index contributed by atoms with van der Waals surface area (Å²) < 4.78 is 6.18. The molecule has 0 bridgehead atoms. The molecule has 0 atom stereocenters. The van der Waals surface area contributed by atoms with Gasteiger partial charge in [0.05, 0.1) is 20.4 Å². The second kappa shape index (κ2) is 5.50. The lowest BCUT2D eigenvalue weighted by molar-refractivity contribution is -0.00000395. The van der Waals surface area contributed by atoms with Crippen molar-refractivity contribution in [3.8, 4) is 0 Å². The summed E-state index contributed by atoms with van der Waals surface area (Å²) in [5.74, 6) is 1.02. The predicted octanol–water partition coefficient (Wildman–Crippen LogP) is 0.0507. The van der Waals surface area contributed by atoms with E-state index in [-0.39, 0.29) is 24.0 Å². The molecule has 0 saturated heterocycles. The molecule has 16 heavy (non-hydrogen) atoms. The molecule has 0 aliphatic heterocycles. The third-order valence-electron chi connectivity index (χ3n) is 2.59. The van der Waals surface area contributed by atoms with Crippen molar-refractivity contribution in [2.45, 2.75) is 6.54 Å². The van der Waals surface area contributed by atoms with E-state index in [1.54, 1.807) is 6.26 Å². The van der Waals surface area contributed by atoms with Gasteiger partial charge in [0.2, 0.25) is 0 Å². The number of quaternary nitrogens is 1. The molecule has 0 unspecified atom stereocenters. The van der Waals surface area contributed by atoms with Gasteiger partial charge in [-0.3, -0.25) is 4.48 Å². The first-order valence-electron chi connectivity index (χ1n) is 5.09. The number of para-hydroxylation sites is 1. The first-order valence-corrected chi connectivity index (χ1v) is 5.09. The summed E-state index contributed by atoms with van der Waals surface area (Å²) in [7, 11) is 4.36. The van der Waals surface area contributed by atoms with E-state index in [0.29, 0.717) is 0 Å². The molecule has 2 aromatic rings. The van der Waals surface area contributed by atoms with Crippen LogP contribution in [0.1, 0.15) is 5.76 Å². The Morgan fingerprint density at radius 2 is 1.69 bits per heavy atom. The van der Waals surface area contributed by atoms with Crippen LogP contribution in [0.5, 0.6) is 0 Å². The molecule has 0 aliphatic rings. The van der Waals surface area contributed by atoms with Crippen molar-refractivity contribution in [1.29, 1.82) is 0 Å². The van der Waals surface area contributed by atoms with Crippen LogP contribution >= 0.6 is 0 Å². The lowest BCUT2D eigenvalue weighted by Crippen LogP contribution is -3.00. The van der Waals surface area contributed by atoms with Crippen LogP contribution in [-0.4, -0.2) is 14.1 Å². The van der Waals surface area contributed by atoms with E-state index < -0.39 is 0 Å². The fourth-order valence-electron chi connectivity index (χ4n) is 1.71. The molecule has 0 N–H and O–H groups in total. The fourth-order valence-corrected chi connectivity index (χ4v) is 1.71. The standard InChI is InChI=1S/C13H16NO.HI/c1-14(2,11-13-9-6-10-15-13)12-7-4-3-5-8-12;/h3-10H,11H2,1-2H3;1H/q+1;/p-1. The molecule has 1 aromatic carbocycles. The Labute approximate surface area is 113 Å². The molecular formula is C13H16INO. The van der Waals surface area contributed by atoms with E-state index in [4.69, 9.17) is 4.42 Å². The molecule has 0 saturated carbocycles. The second-order valence-electron chi connectivity index (χ2n) is 4.26. The average Bonchev–Trinajstić information content (AvgIpc) is 2.71. The van der Waals surface area contributed by atoms with Gasteiger partial charge >= 0.3 is 0 Å². The van der Waals surface area contributed by atoms with Gasteiger partial charge in [0.15, 0.2) is 5.76 Å². The van der Waals surface area contributed by atoms with Crippen LogP contribution in [0.3, 0.4) is 0 Å². The molecule has 0 spiro atoms. The molecule has 1 heterocycles. The molecule has 0 aliphatic carbocycles. The highest BCUT2D eigenvalue weighted by molar-refractivity contribution is 5.41. The van der Waals surface area contributed by atoms with Gasteiger partial charge in [-0.15, -0.1) is 0 Å². The normalized spacial score (nSPS) is 10.9. The van der Waals surface area contributed by atoms with Crippen LogP contribution < -0.4 is 28.5 Å². The first kappa shape index (κ1) is 13.3. The fraction of sp³-hybridized carbons (Fsp3) is 0.231. The van der Waals surface area contributed by atoms with Crippen molar-refractivity contribution < 1.29 is 28.4 Å². The summed E-state index contributed by atoms with van der Waals surface area (Å²) >= 11 is 0. The number of hydrogen-bond acceptors (Lipinski definition) is 1. The Morgan fingerprint density at radius 3 is 2.25 bits per heavy atom. The summed E-state index contributed by atoms with van der Waals surface area (Å²) in [4.78, 5) is 0. The van der Waals surface area contributed by atoms with E-state index >= 15 is 0 Å². The number of furan rings is 1. The Balaban J connectivity index is 0.00000128. The molecular weight excluding hydrogens is 313 g/mol. The number of nitrogens with zero attached hydrogens (tertiary/aromatic N) is 1. The maximum absolute atomic E-state index is 5.38. The third-order valence-corrected chi connectivity index (χ3v) is 2.59. The zero-order valence-corrected chi connectivity index (χ0v) is 11.7. The minimum Gasteiger partial charge on any atom is -1.00 e. The van der Waals surface area contributed by atoms with Gasteiger partial charge < -0.3 is 28.4 Å². The minimum atomic E-state index is 0. The lowest BCUT2D eigenvalue weighted by atomic mass is 10.2. The summed E-state index contributed by atoms with van der Waals surface area (Å²) in [5, 5.41) is 0. The average molecular weight is 329 g/mol. The van der Waals surface area contributed by atoms with Gasteiger partial charge in [-0.25, -0.2) is 0 Å².